The molecule has 1 saturated carbocycles. The number of aryl methyl sites for hydroxylation is 1. The Morgan fingerprint density at radius 1 is 1.33 bits per heavy atom. The monoisotopic (exact) mass is 305 g/mol. The number of hydrogen-bond acceptors (Lipinski definition) is 2. The fourth-order valence-electron chi connectivity index (χ4n) is 3.05. The van der Waals surface area contributed by atoms with Crippen LogP contribution in [0.1, 0.15) is 31.2 Å². The highest BCUT2D eigenvalue weighted by molar-refractivity contribution is 5.48. The van der Waals surface area contributed by atoms with E-state index in [0.717, 1.165) is 0 Å². The van der Waals surface area contributed by atoms with Gasteiger partial charge in [0.25, 0.3) is 0 Å². The van der Waals surface area contributed by atoms with E-state index in [1.165, 1.54) is 12.1 Å². The number of benzene rings is 1. The first-order valence-electron chi connectivity index (χ1n) is 6.97. The van der Waals surface area contributed by atoms with Gasteiger partial charge in [-0.25, -0.2) is 4.39 Å². The predicted octanol–water partition coefficient (Wildman–Crippen LogP) is 4.03. The lowest BCUT2D eigenvalue weighted by Crippen LogP contribution is -2.48. The Kier molecular flexibility index (Phi) is 4.46. The quantitative estimate of drug-likeness (QED) is 0.826. The molecule has 1 aliphatic rings. The van der Waals surface area contributed by atoms with E-state index in [2.05, 4.69) is 5.32 Å². The third-order valence-electron chi connectivity index (χ3n) is 4.06. The molecule has 0 saturated heterocycles. The molecule has 2 nitrogen and oxygen atoms in total. The number of rotatable bonds is 3. The number of halogens is 4. The SMILES string of the molecule is Cc1cc(F)cc(NC2(CO)CCCC(C(F)(F)F)C2)c1. The summed E-state index contributed by atoms with van der Waals surface area (Å²) in [6.07, 6.45) is -3.56. The summed E-state index contributed by atoms with van der Waals surface area (Å²) in [4.78, 5) is 0. The van der Waals surface area contributed by atoms with Gasteiger partial charge in [-0.15, -0.1) is 0 Å². The first-order chi connectivity index (χ1) is 9.74. The van der Waals surface area contributed by atoms with Gasteiger partial charge in [-0.1, -0.05) is 6.42 Å². The maximum atomic E-state index is 13.4. The van der Waals surface area contributed by atoms with Gasteiger partial charge < -0.3 is 10.4 Å². The molecule has 0 radical (unpaired) electrons. The zero-order valence-corrected chi connectivity index (χ0v) is 11.8. The molecule has 0 heterocycles. The summed E-state index contributed by atoms with van der Waals surface area (Å²) in [5, 5.41) is 12.5. The van der Waals surface area contributed by atoms with Crippen LogP contribution in [0.25, 0.3) is 0 Å². The van der Waals surface area contributed by atoms with Gasteiger partial charge in [0.2, 0.25) is 0 Å². The number of hydrogen-bond donors (Lipinski definition) is 2. The van der Waals surface area contributed by atoms with Crippen LogP contribution in [0.4, 0.5) is 23.2 Å². The lowest BCUT2D eigenvalue weighted by atomic mass is 9.75. The molecule has 0 aliphatic heterocycles. The summed E-state index contributed by atoms with van der Waals surface area (Å²) in [5.74, 6) is -1.88. The summed E-state index contributed by atoms with van der Waals surface area (Å²) in [6.45, 7) is 1.30. The van der Waals surface area contributed by atoms with E-state index in [4.69, 9.17) is 0 Å². The zero-order chi connectivity index (χ0) is 15.7. The predicted molar refractivity (Wildman–Crippen MR) is 72.6 cm³/mol. The molecule has 21 heavy (non-hydrogen) atoms. The average Bonchev–Trinajstić information content (AvgIpc) is 2.36. The Labute approximate surface area is 121 Å². The molecule has 0 bridgehead atoms. The standard InChI is InChI=1S/C15H19F4NO/c1-10-5-12(16)7-13(6-10)20-14(9-21)4-2-3-11(8-14)15(17,18)19/h5-7,11,20-21H,2-4,8-9H2,1H3. The fraction of sp³-hybridized carbons (Fsp3) is 0.600. The van der Waals surface area contributed by atoms with Gasteiger partial charge in [0.15, 0.2) is 0 Å². The summed E-state index contributed by atoms with van der Waals surface area (Å²) in [5.41, 5.74) is 0.0386. The average molecular weight is 305 g/mol. The molecule has 0 spiro atoms. The molecular weight excluding hydrogens is 286 g/mol. The summed E-state index contributed by atoms with van der Waals surface area (Å²) < 4.78 is 52.2. The zero-order valence-electron chi connectivity index (χ0n) is 11.8. The lowest BCUT2D eigenvalue weighted by Gasteiger charge is -2.41. The van der Waals surface area contributed by atoms with Gasteiger partial charge in [0.05, 0.1) is 18.1 Å². The lowest BCUT2D eigenvalue weighted by molar-refractivity contribution is -0.187. The van der Waals surface area contributed by atoms with Crippen LogP contribution in [0.2, 0.25) is 0 Å². The van der Waals surface area contributed by atoms with Gasteiger partial charge in [0.1, 0.15) is 5.82 Å². The van der Waals surface area contributed by atoms with Crippen LogP contribution >= 0.6 is 0 Å². The number of aliphatic hydroxyl groups excluding tert-OH is 1. The Hall–Kier alpha value is -1.30. The van der Waals surface area contributed by atoms with Crippen LogP contribution in [-0.4, -0.2) is 23.4 Å². The molecule has 0 aromatic heterocycles. The second-order valence-electron chi connectivity index (χ2n) is 5.92. The number of anilines is 1. The second-order valence-corrected chi connectivity index (χ2v) is 5.92. The van der Waals surface area contributed by atoms with Crippen LogP contribution < -0.4 is 5.32 Å². The van der Waals surface area contributed by atoms with E-state index < -0.39 is 30.1 Å². The van der Waals surface area contributed by atoms with Crippen molar-refractivity contribution in [3.05, 3.63) is 29.6 Å². The molecule has 1 aliphatic carbocycles. The Morgan fingerprint density at radius 3 is 2.62 bits per heavy atom. The third kappa shape index (κ3) is 3.87. The van der Waals surface area contributed by atoms with Gasteiger partial charge in [0, 0.05) is 5.69 Å². The Balaban J connectivity index is 2.21. The molecular formula is C15H19F4NO. The van der Waals surface area contributed by atoms with Crippen molar-refractivity contribution in [1.29, 1.82) is 0 Å². The normalized spacial score (nSPS) is 26.7. The molecule has 1 fully saturated rings. The van der Waals surface area contributed by atoms with Crippen LogP contribution in [-0.2, 0) is 0 Å². The van der Waals surface area contributed by atoms with Gasteiger partial charge in [-0.05, 0) is 49.9 Å². The molecule has 6 heteroatoms. The topological polar surface area (TPSA) is 32.3 Å². The Morgan fingerprint density at radius 2 is 2.05 bits per heavy atom. The van der Waals surface area contributed by atoms with E-state index in [1.54, 1.807) is 13.0 Å². The van der Waals surface area contributed by atoms with Crippen LogP contribution in [0.3, 0.4) is 0 Å². The molecule has 2 unspecified atom stereocenters. The maximum Gasteiger partial charge on any atom is 0.391 e. The van der Waals surface area contributed by atoms with E-state index in [9.17, 15) is 22.7 Å². The number of alkyl halides is 3. The van der Waals surface area contributed by atoms with Crippen molar-refractivity contribution in [1.82, 2.24) is 0 Å². The van der Waals surface area contributed by atoms with Crippen molar-refractivity contribution >= 4 is 5.69 Å². The molecule has 1 aromatic carbocycles. The van der Waals surface area contributed by atoms with E-state index in [1.807, 2.05) is 0 Å². The highest BCUT2D eigenvalue weighted by atomic mass is 19.4. The fourth-order valence-corrected chi connectivity index (χ4v) is 3.05. The van der Waals surface area contributed by atoms with Crippen LogP contribution in [0.15, 0.2) is 18.2 Å². The first kappa shape index (κ1) is 16.1. The van der Waals surface area contributed by atoms with Crippen molar-refractivity contribution in [2.24, 2.45) is 5.92 Å². The van der Waals surface area contributed by atoms with Gasteiger partial charge in [-0.3, -0.25) is 0 Å². The van der Waals surface area contributed by atoms with Crippen molar-refractivity contribution in [3.8, 4) is 0 Å². The highest BCUT2D eigenvalue weighted by Gasteiger charge is 2.47. The minimum absolute atomic E-state index is 0.0785. The van der Waals surface area contributed by atoms with Crippen molar-refractivity contribution < 1.29 is 22.7 Å². The molecule has 1 aromatic rings. The van der Waals surface area contributed by atoms with Gasteiger partial charge in [-0.2, -0.15) is 13.2 Å². The summed E-state index contributed by atoms with van der Waals surface area (Å²) in [6, 6.07) is 4.25. The smallest absolute Gasteiger partial charge is 0.391 e. The van der Waals surface area contributed by atoms with Gasteiger partial charge >= 0.3 is 6.18 Å². The van der Waals surface area contributed by atoms with E-state index in [-0.39, 0.29) is 12.8 Å². The largest absolute Gasteiger partial charge is 0.394 e. The number of aliphatic hydroxyl groups is 1. The highest BCUT2D eigenvalue weighted by Crippen LogP contribution is 2.43. The minimum Gasteiger partial charge on any atom is -0.394 e. The first-order valence-corrected chi connectivity index (χ1v) is 6.97. The van der Waals surface area contributed by atoms with E-state index >= 15 is 0 Å². The Bertz CT molecular complexity index is 483. The molecule has 118 valence electrons. The molecule has 2 N–H and O–H groups in total. The van der Waals surface area contributed by atoms with Crippen LogP contribution in [0.5, 0.6) is 0 Å². The summed E-state index contributed by atoms with van der Waals surface area (Å²) >= 11 is 0. The molecule has 0 amide bonds. The van der Waals surface area contributed by atoms with E-state index in [0.29, 0.717) is 24.1 Å². The van der Waals surface area contributed by atoms with Crippen LogP contribution in [0, 0.1) is 18.7 Å². The molecule has 2 atom stereocenters. The van der Waals surface area contributed by atoms with Crippen molar-refractivity contribution in [3.63, 3.8) is 0 Å². The third-order valence-corrected chi connectivity index (χ3v) is 4.06. The second kappa shape index (κ2) is 5.83. The van der Waals surface area contributed by atoms with Crippen molar-refractivity contribution in [2.75, 3.05) is 11.9 Å². The number of nitrogens with one attached hydrogen (secondary N) is 1. The maximum absolute atomic E-state index is 13.4. The minimum atomic E-state index is -4.26. The summed E-state index contributed by atoms with van der Waals surface area (Å²) in [7, 11) is 0. The molecule has 2 rings (SSSR count). The van der Waals surface area contributed by atoms with Crippen molar-refractivity contribution in [2.45, 2.75) is 44.3 Å².